The van der Waals surface area contributed by atoms with Crippen molar-refractivity contribution in [3.63, 3.8) is 0 Å². The molecule has 0 spiro atoms. The average Bonchev–Trinajstić information content (AvgIpc) is 3.05. The summed E-state index contributed by atoms with van der Waals surface area (Å²) < 4.78 is 1.91. The fraction of sp³-hybridized carbons (Fsp3) is 0.0625. The molecule has 5 heteroatoms. The van der Waals surface area contributed by atoms with Gasteiger partial charge >= 0.3 is 5.97 Å². The van der Waals surface area contributed by atoms with Gasteiger partial charge in [-0.1, -0.05) is 0 Å². The van der Waals surface area contributed by atoms with Crippen molar-refractivity contribution in [1.82, 2.24) is 4.57 Å². The van der Waals surface area contributed by atoms with E-state index in [2.05, 4.69) is 19.1 Å². The van der Waals surface area contributed by atoms with Crippen molar-refractivity contribution < 1.29 is 9.90 Å². The predicted octanol–water partition coefficient (Wildman–Crippen LogP) is 3.79. The molecule has 2 aromatic heterocycles. The Hall–Kier alpha value is -2.53. The summed E-state index contributed by atoms with van der Waals surface area (Å²) in [6.07, 6.45) is 3.82. The number of benzene rings is 1. The third-order valence-corrected chi connectivity index (χ3v) is 4.31. The number of nitrogens with zero attached hydrogens (tertiary/aromatic N) is 1. The minimum absolute atomic E-state index is 0.271. The van der Waals surface area contributed by atoms with Crippen LogP contribution in [0.5, 0.6) is 0 Å². The molecule has 0 atom stereocenters. The Bertz CT molecular complexity index is 800. The van der Waals surface area contributed by atoms with Gasteiger partial charge in [-0.15, -0.1) is 11.3 Å². The molecule has 0 bridgehead atoms. The van der Waals surface area contributed by atoms with Gasteiger partial charge in [0.05, 0.1) is 11.3 Å². The van der Waals surface area contributed by atoms with Crippen LogP contribution in [0.1, 0.15) is 15.2 Å². The lowest BCUT2D eigenvalue weighted by atomic mass is 10.2. The summed E-state index contributed by atoms with van der Waals surface area (Å²) in [6, 6.07) is 10.8. The molecule has 0 saturated carbocycles. The van der Waals surface area contributed by atoms with Gasteiger partial charge in [0.15, 0.2) is 0 Å². The van der Waals surface area contributed by atoms with Gasteiger partial charge in [-0.3, -0.25) is 0 Å². The van der Waals surface area contributed by atoms with Crippen LogP contribution < -0.4 is 5.73 Å². The highest BCUT2D eigenvalue weighted by Gasteiger charge is 2.10. The zero-order valence-corrected chi connectivity index (χ0v) is 12.2. The van der Waals surface area contributed by atoms with E-state index >= 15 is 0 Å². The minimum atomic E-state index is -0.927. The van der Waals surface area contributed by atoms with Crippen LogP contribution >= 0.6 is 11.3 Å². The average molecular weight is 298 g/mol. The Morgan fingerprint density at radius 3 is 2.43 bits per heavy atom. The van der Waals surface area contributed by atoms with Crippen LogP contribution in [0.4, 0.5) is 5.69 Å². The Kier molecular flexibility index (Phi) is 3.27. The largest absolute Gasteiger partial charge is 0.478 e. The summed E-state index contributed by atoms with van der Waals surface area (Å²) in [6.45, 7) is 2.06. The number of hydrogen-bond acceptors (Lipinski definition) is 3. The maximum atomic E-state index is 10.9. The molecule has 3 N–H and O–H groups in total. The summed E-state index contributed by atoms with van der Waals surface area (Å²) in [4.78, 5) is 13.2. The molecule has 0 amide bonds. The molecule has 0 aliphatic rings. The molecule has 0 fully saturated rings. The second-order valence-corrected chi connectivity index (χ2v) is 6.08. The number of aromatic carboxylic acids is 1. The molecular weight excluding hydrogens is 284 g/mol. The lowest BCUT2D eigenvalue weighted by Crippen LogP contribution is -1.97. The quantitative estimate of drug-likeness (QED) is 0.773. The lowest BCUT2D eigenvalue weighted by Gasteiger charge is -2.02. The van der Waals surface area contributed by atoms with Gasteiger partial charge in [0.25, 0.3) is 0 Å². The summed E-state index contributed by atoms with van der Waals surface area (Å²) >= 11 is 1.70. The molecule has 0 aliphatic carbocycles. The molecule has 0 aliphatic heterocycles. The first-order valence-electron chi connectivity index (χ1n) is 6.42. The lowest BCUT2D eigenvalue weighted by molar-refractivity contribution is 0.0697. The molecule has 1 aromatic carbocycles. The zero-order chi connectivity index (χ0) is 15.0. The number of rotatable bonds is 3. The van der Waals surface area contributed by atoms with Crippen molar-refractivity contribution in [3.8, 4) is 16.1 Å². The summed E-state index contributed by atoms with van der Waals surface area (Å²) in [5.74, 6) is -0.927. The fourth-order valence-electron chi connectivity index (χ4n) is 2.18. The highest BCUT2D eigenvalue weighted by Crippen LogP contribution is 2.33. The third-order valence-electron chi connectivity index (χ3n) is 3.28. The summed E-state index contributed by atoms with van der Waals surface area (Å²) in [7, 11) is 0. The van der Waals surface area contributed by atoms with Gasteiger partial charge in [-0.25, -0.2) is 4.79 Å². The summed E-state index contributed by atoms with van der Waals surface area (Å²) in [5, 5.41) is 8.92. The smallest absolute Gasteiger partial charge is 0.335 e. The van der Waals surface area contributed by atoms with E-state index in [4.69, 9.17) is 10.8 Å². The molecule has 0 radical (unpaired) electrons. The Balaban J connectivity index is 1.98. The van der Waals surface area contributed by atoms with Gasteiger partial charge in [-0.2, -0.15) is 0 Å². The molecule has 0 unspecified atom stereocenters. The van der Waals surface area contributed by atoms with Gasteiger partial charge < -0.3 is 15.4 Å². The van der Waals surface area contributed by atoms with Crippen LogP contribution in [0.3, 0.4) is 0 Å². The molecule has 0 saturated heterocycles. The van der Waals surface area contributed by atoms with Crippen molar-refractivity contribution in [2.24, 2.45) is 0 Å². The van der Waals surface area contributed by atoms with Gasteiger partial charge in [-0.05, 0) is 43.3 Å². The molecule has 4 nitrogen and oxygen atoms in total. The van der Waals surface area contributed by atoms with Gasteiger partial charge in [0, 0.05) is 33.4 Å². The molecular formula is C16H14N2O2S. The minimum Gasteiger partial charge on any atom is -0.478 e. The van der Waals surface area contributed by atoms with Crippen molar-refractivity contribution >= 4 is 23.0 Å². The van der Waals surface area contributed by atoms with Crippen molar-refractivity contribution in [3.05, 3.63) is 59.2 Å². The third kappa shape index (κ3) is 2.55. The first-order valence-corrected chi connectivity index (χ1v) is 7.24. The Labute approximate surface area is 126 Å². The number of carboxylic acid groups (broad SMARTS) is 1. The SMILES string of the molecule is Cc1ccc(-c2cn(-c3ccc(C(=O)O)cc3)cc2N)s1. The standard InChI is InChI=1S/C16H14N2O2S/c1-10-2-7-15(21-10)13-8-18(9-14(13)17)12-5-3-11(4-6-12)16(19)20/h2-9H,17H2,1H3,(H,19,20). The number of nitrogens with two attached hydrogens (primary N) is 1. The number of carboxylic acids is 1. The highest BCUT2D eigenvalue weighted by molar-refractivity contribution is 7.15. The van der Waals surface area contributed by atoms with Crippen molar-refractivity contribution in [2.45, 2.75) is 6.92 Å². The number of nitrogen functional groups attached to an aromatic ring is 1. The summed E-state index contributed by atoms with van der Waals surface area (Å²) in [5.41, 5.74) is 8.95. The first-order chi connectivity index (χ1) is 10.0. The number of aromatic nitrogens is 1. The van der Waals surface area contributed by atoms with E-state index in [0.29, 0.717) is 5.69 Å². The van der Waals surface area contributed by atoms with Crippen LogP contribution in [-0.4, -0.2) is 15.6 Å². The van der Waals surface area contributed by atoms with Gasteiger partial charge in [0.1, 0.15) is 0 Å². The number of anilines is 1. The zero-order valence-electron chi connectivity index (χ0n) is 11.4. The maximum absolute atomic E-state index is 10.9. The number of thiophene rings is 1. The van der Waals surface area contributed by atoms with Crippen LogP contribution in [0.2, 0.25) is 0 Å². The highest BCUT2D eigenvalue weighted by atomic mass is 32.1. The normalized spacial score (nSPS) is 10.7. The molecule has 106 valence electrons. The Morgan fingerprint density at radius 2 is 1.86 bits per heavy atom. The van der Waals surface area contributed by atoms with Crippen LogP contribution in [0, 0.1) is 6.92 Å². The maximum Gasteiger partial charge on any atom is 0.335 e. The molecule has 2 heterocycles. The topological polar surface area (TPSA) is 68.2 Å². The molecule has 3 rings (SSSR count). The fourth-order valence-corrected chi connectivity index (χ4v) is 3.08. The second-order valence-electron chi connectivity index (χ2n) is 4.80. The van der Waals surface area contributed by atoms with Crippen LogP contribution in [-0.2, 0) is 0 Å². The molecule has 3 aromatic rings. The van der Waals surface area contributed by atoms with E-state index in [1.165, 1.54) is 4.88 Å². The number of hydrogen-bond donors (Lipinski definition) is 2. The van der Waals surface area contributed by atoms with E-state index in [1.54, 1.807) is 35.6 Å². The first kappa shape index (κ1) is 13.5. The van der Waals surface area contributed by atoms with E-state index in [1.807, 2.05) is 17.0 Å². The van der Waals surface area contributed by atoms with Gasteiger partial charge in [0.2, 0.25) is 0 Å². The van der Waals surface area contributed by atoms with Crippen LogP contribution in [0.15, 0.2) is 48.8 Å². The molecule has 21 heavy (non-hydrogen) atoms. The van der Waals surface area contributed by atoms with Crippen molar-refractivity contribution in [1.29, 1.82) is 0 Å². The van der Waals surface area contributed by atoms with E-state index < -0.39 is 5.97 Å². The number of carbonyl (C=O) groups is 1. The monoisotopic (exact) mass is 298 g/mol. The predicted molar refractivity (Wildman–Crippen MR) is 85.2 cm³/mol. The number of aryl methyl sites for hydroxylation is 1. The Morgan fingerprint density at radius 1 is 1.14 bits per heavy atom. The van der Waals surface area contributed by atoms with Crippen LogP contribution in [0.25, 0.3) is 16.1 Å². The van der Waals surface area contributed by atoms with E-state index in [-0.39, 0.29) is 5.56 Å². The van der Waals surface area contributed by atoms with Crippen molar-refractivity contribution in [2.75, 3.05) is 5.73 Å². The van der Waals surface area contributed by atoms with E-state index in [9.17, 15) is 4.79 Å². The van der Waals surface area contributed by atoms with E-state index in [0.717, 1.165) is 16.1 Å². The second kappa shape index (κ2) is 5.10.